The van der Waals surface area contributed by atoms with E-state index in [1.807, 2.05) is 39.8 Å². The molecule has 3 saturated heterocycles. The standard InChI is InChI=1S/C69H115F2N2O12P/c1-14-57-68(10,80)61(76)50(6)73(58(74)36-30-22-20-18-16-15-17-19-21-23-31-41-86(52-32-26-24-27-33-52,53-34-28-25-29-35-53)54-37-39-69(70,71)40-38-54)45-46(2)43-66(8,79)63(85-65-60(75)55(72(11)12)42-47(3)82-65)48(4)59(49(5)64(78)84-57)56-44-67(9,81-13)62(77)51(7)83-56/h24-29,32-35,46-51,54-57,59-63,65,75-77,79-80,86H,14-23,30-31,36-45H2,1-13H3/t46-,47-,48+,49-,50-,51+,55+,56-,57-,59?,60-,61-,62+,63-,65+,66-,67-,68-/m1/s1. The minimum absolute atomic E-state index is 0.0190. The fourth-order valence-electron chi connectivity index (χ4n) is 15.9. The molecular weight excluding hydrogens is 1120 g/mol. The first-order chi connectivity index (χ1) is 40.5. The van der Waals surface area contributed by atoms with Crippen LogP contribution in [0.1, 0.15) is 198 Å². The molecule has 3 heterocycles. The number of carbonyl (C=O) groups is 2. The van der Waals surface area contributed by atoms with Gasteiger partial charge in [0, 0.05) is 38.5 Å². The first-order valence-corrected chi connectivity index (χ1v) is 35.5. The summed E-state index contributed by atoms with van der Waals surface area (Å²) >= 11 is 0. The molecule has 0 spiro atoms. The molecular formula is C69H115F2N2O12P. The molecule has 86 heavy (non-hydrogen) atoms. The maximum Gasteiger partial charge on any atom is 0.126 e. The summed E-state index contributed by atoms with van der Waals surface area (Å²) in [6, 6.07) is 20.4. The second kappa shape index (κ2) is 32.0. The number of esters is 1. The number of aliphatic hydroxyl groups excluding tert-OH is 3. The van der Waals surface area contributed by atoms with Gasteiger partial charge in [0.05, 0.1) is 47.6 Å². The Morgan fingerprint density at radius 1 is 0.767 bits per heavy atom. The zero-order valence-corrected chi connectivity index (χ0v) is 55.8. The predicted octanol–water partition coefficient (Wildman–Crippen LogP) is 10.7. The van der Waals surface area contributed by atoms with E-state index in [2.05, 4.69) is 60.7 Å². The average molecular weight is 1230 g/mol. The Balaban J connectivity index is 1.10. The van der Waals surface area contributed by atoms with Gasteiger partial charge in [-0.05, 0) is 86.7 Å². The zero-order chi connectivity index (χ0) is 63.4. The smallest absolute Gasteiger partial charge is 0.126 e. The molecule has 492 valence electrons. The summed E-state index contributed by atoms with van der Waals surface area (Å²) < 4.78 is 61.2. The van der Waals surface area contributed by atoms with Crippen molar-refractivity contribution in [1.82, 2.24) is 9.80 Å². The second-order valence-electron chi connectivity index (χ2n) is 28.1. The van der Waals surface area contributed by atoms with Gasteiger partial charge < -0.3 is 59.0 Å². The monoisotopic (exact) mass is 1230 g/mol. The van der Waals surface area contributed by atoms with Crippen molar-refractivity contribution in [1.29, 1.82) is 0 Å². The van der Waals surface area contributed by atoms with Gasteiger partial charge in [0.15, 0.2) is 6.29 Å². The Bertz CT molecular complexity index is 2310. The van der Waals surface area contributed by atoms with Crippen LogP contribution in [-0.2, 0) is 33.3 Å². The SMILES string of the molecule is CC[C@H]1OC(=O)[C@H](C)C([C@H]2C[C@@](C)(OC)[C@@H](O)[C@H](C)O2)[C@H](C)[C@@H](O[C@@H]2O[C@H](C)C[C@H](N(C)C)[C@H]2O)[C@](C)(O)C[C@@H](C)CN(C(=O)CCCCCCCCCCCCC[PH](c2ccccc2)(c2ccccc2)C2CCC(F)(F)CC2)[C@H](C)[C@@H](O)[C@]1(C)O. The van der Waals surface area contributed by atoms with Crippen molar-refractivity contribution in [3.8, 4) is 0 Å². The van der Waals surface area contributed by atoms with E-state index in [9.17, 15) is 43.9 Å². The van der Waals surface area contributed by atoms with Crippen LogP contribution in [0.3, 0.4) is 0 Å². The van der Waals surface area contributed by atoms with E-state index in [0.29, 0.717) is 31.3 Å². The van der Waals surface area contributed by atoms with Crippen LogP contribution in [0.15, 0.2) is 60.7 Å². The Morgan fingerprint density at radius 2 is 1.30 bits per heavy atom. The van der Waals surface area contributed by atoms with Crippen molar-refractivity contribution in [3.05, 3.63) is 60.7 Å². The molecule has 0 aromatic heterocycles. The fourth-order valence-corrected chi connectivity index (χ4v) is 21.9. The Kier molecular flexibility index (Phi) is 26.9. The van der Waals surface area contributed by atoms with E-state index in [0.717, 1.165) is 70.4 Å². The minimum atomic E-state index is -2.56. The summed E-state index contributed by atoms with van der Waals surface area (Å²) in [4.78, 5) is 33.0. The minimum Gasteiger partial charge on any atom is -0.388 e. The van der Waals surface area contributed by atoms with E-state index in [1.54, 1.807) is 46.4 Å². The topological polar surface area (TPSA) is 188 Å². The fraction of sp³-hybridized carbons (Fsp3) is 0.797. The van der Waals surface area contributed by atoms with Gasteiger partial charge in [-0.25, -0.2) is 0 Å². The van der Waals surface area contributed by atoms with Crippen molar-refractivity contribution in [2.45, 2.75) is 293 Å². The molecule has 3 aliphatic heterocycles. The maximum atomic E-state index is 14.8. The van der Waals surface area contributed by atoms with Crippen LogP contribution < -0.4 is 10.6 Å². The van der Waals surface area contributed by atoms with Crippen LogP contribution >= 0.6 is 7.26 Å². The van der Waals surface area contributed by atoms with Crippen molar-refractivity contribution in [2.24, 2.45) is 23.7 Å². The third kappa shape index (κ3) is 17.9. The molecule has 4 aliphatic rings. The molecule has 14 nitrogen and oxygen atoms in total. The summed E-state index contributed by atoms with van der Waals surface area (Å²) in [5.41, 5.74) is -4.46. The molecule has 2 aromatic rings. The van der Waals surface area contributed by atoms with Crippen LogP contribution in [0.25, 0.3) is 0 Å². The Hall–Kier alpha value is -2.73. The van der Waals surface area contributed by atoms with Crippen molar-refractivity contribution < 1.29 is 67.6 Å². The van der Waals surface area contributed by atoms with Gasteiger partial charge in [-0.3, -0.25) is 9.59 Å². The third-order valence-electron chi connectivity index (χ3n) is 21.0. The number of halogens is 2. The number of cyclic esters (lactones) is 1. The van der Waals surface area contributed by atoms with Crippen LogP contribution in [0.5, 0.6) is 0 Å². The van der Waals surface area contributed by atoms with E-state index < -0.39 is 115 Å². The molecule has 1 unspecified atom stereocenters. The number of ether oxygens (including phenoxy) is 5. The number of unbranched alkanes of at least 4 members (excludes halogenated alkanes) is 10. The number of hydrogen-bond donors (Lipinski definition) is 5. The van der Waals surface area contributed by atoms with Crippen molar-refractivity contribution >= 4 is 29.7 Å². The first kappa shape index (κ1) is 72.3. The van der Waals surface area contributed by atoms with Crippen LogP contribution in [-0.4, -0.2) is 177 Å². The molecule has 1 aliphatic carbocycles. The molecule has 6 rings (SSSR count). The molecule has 1 amide bonds. The predicted molar refractivity (Wildman–Crippen MR) is 340 cm³/mol. The number of likely N-dealkylation sites (N-methyl/N-ethyl adjacent to an activating group) is 1. The number of amides is 1. The van der Waals surface area contributed by atoms with E-state index in [1.165, 1.54) is 24.6 Å². The van der Waals surface area contributed by atoms with Gasteiger partial charge in [0.2, 0.25) is 5.91 Å². The number of alkyl halides is 2. The molecule has 1 saturated carbocycles. The normalized spacial score (nSPS) is 36.7. The Morgan fingerprint density at radius 3 is 1.83 bits per heavy atom. The number of rotatable bonds is 23. The molecule has 2 aromatic carbocycles. The molecule has 5 N–H and O–H groups in total. The maximum absolute atomic E-state index is 14.8. The zero-order valence-electron chi connectivity index (χ0n) is 54.8. The first-order valence-electron chi connectivity index (χ1n) is 33.2. The molecule has 17 heteroatoms. The molecule has 4 fully saturated rings. The van der Waals surface area contributed by atoms with Crippen LogP contribution in [0, 0.1) is 23.7 Å². The number of nitrogens with zero attached hydrogens (tertiary/aromatic N) is 2. The third-order valence-corrected chi connectivity index (χ3v) is 26.9. The number of carbonyl (C=O) groups excluding carboxylic acids is 2. The molecule has 18 atom stereocenters. The Labute approximate surface area is 516 Å². The van der Waals surface area contributed by atoms with Crippen LogP contribution in [0.4, 0.5) is 8.78 Å². The van der Waals surface area contributed by atoms with Gasteiger partial charge in [-0.1, -0.05) is 27.7 Å². The van der Waals surface area contributed by atoms with Crippen molar-refractivity contribution in [2.75, 3.05) is 33.9 Å². The summed E-state index contributed by atoms with van der Waals surface area (Å²) in [7, 11) is 2.97. The average Bonchev–Trinajstić information content (AvgIpc) is 0.905. The number of methoxy groups -OCH3 is 1. The number of aliphatic hydroxyl groups is 5. The van der Waals surface area contributed by atoms with Crippen molar-refractivity contribution in [3.63, 3.8) is 0 Å². The van der Waals surface area contributed by atoms with Crippen LogP contribution in [0.2, 0.25) is 0 Å². The molecule has 0 bridgehead atoms. The van der Waals surface area contributed by atoms with E-state index in [4.69, 9.17) is 23.7 Å². The summed E-state index contributed by atoms with van der Waals surface area (Å²) in [5.74, 6) is -6.26. The largest absolute Gasteiger partial charge is 0.388 e. The van der Waals surface area contributed by atoms with Gasteiger partial charge >= 0.3 is 207 Å². The second-order valence-corrected chi connectivity index (χ2v) is 32.5. The summed E-state index contributed by atoms with van der Waals surface area (Å²) in [5, 5.41) is 63.6. The number of hydrogen-bond acceptors (Lipinski definition) is 13. The molecule has 0 radical (unpaired) electrons. The van der Waals surface area contributed by atoms with Gasteiger partial charge in [-0.2, -0.15) is 0 Å². The van der Waals surface area contributed by atoms with Gasteiger partial charge in [-0.15, -0.1) is 0 Å². The summed E-state index contributed by atoms with van der Waals surface area (Å²) in [6.07, 6.45) is 6.00. The van der Waals surface area contributed by atoms with E-state index >= 15 is 0 Å². The van der Waals surface area contributed by atoms with Gasteiger partial charge in [0.1, 0.15) is 30.0 Å². The van der Waals surface area contributed by atoms with E-state index in [-0.39, 0.29) is 63.1 Å². The summed E-state index contributed by atoms with van der Waals surface area (Å²) in [6.45, 7) is 17.8. The number of benzene rings is 2. The van der Waals surface area contributed by atoms with Gasteiger partial charge in [0.25, 0.3) is 0 Å². The quantitative estimate of drug-likeness (QED) is 0.0402.